The summed E-state index contributed by atoms with van der Waals surface area (Å²) in [7, 11) is 0. The lowest BCUT2D eigenvalue weighted by atomic mass is 9.91. The minimum Gasteiger partial charge on any atom is -0.392 e. The first-order valence-corrected chi connectivity index (χ1v) is 16.1. The molecule has 8 nitrogen and oxygen atoms in total. The Balaban J connectivity index is 1.21. The Labute approximate surface area is 281 Å². The molecule has 14 heteroatoms. The zero-order valence-electron chi connectivity index (χ0n) is 25.8. The number of hydrogen-bond acceptors (Lipinski definition) is 7. The summed E-state index contributed by atoms with van der Waals surface area (Å²) in [5, 5.41) is 19.2. The molecule has 1 fully saturated rings. The molecule has 254 valence electrons. The van der Waals surface area contributed by atoms with Crippen molar-refractivity contribution in [2.75, 3.05) is 5.75 Å². The topological polar surface area (TPSA) is 109 Å². The number of aromatic nitrogens is 3. The van der Waals surface area contributed by atoms with Gasteiger partial charge in [-0.05, 0) is 27.8 Å². The van der Waals surface area contributed by atoms with E-state index in [1.165, 1.54) is 18.1 Å². The number of aliphatic hydroxyl groups is 1. The third-order valence-electron chi connectivity index (χ3n) is 8.29. The van der Waals surface area contributed by atoms with E-state index in [1.54, 1.807) is 24.3 Å². The average molecular weight is 697 g/mol. The molecule has 2 heterocycles. The number of amides is 1. The minimum atomic E-state index is -2.34. The fourth-order valence-electron chi connectivity index (χ4n) is 5.58. The molecule has 1 aliphatic rings. The standard InChI is InChI=1S/C35H29F5N4O4S/c1-18-25(16-49-35-42-17-43-44-35)47-34(48-32(18)21-8-6-19(15-45)7-9-21)22-12-10-20(11-13-22)24-5-3-2-4-23(24)14-41-33(46)26-27(36)29(38)31(40)30(39)28(26)37/h2-13,17-18,25,32,34,45H,14-16H2,1H3,(H,41,46)(H,42,43,44)/t18-,25+,32+,34+/m0/s1. The third kappa shape index (κ3) is 7.22. The van der Waals surface area contributed by atoms with Gasteiger partial charge in [0, 0.05) is 23.8 Å². The van der Waals surface area contributed by atoms with Crippen molar-refractivity contribution in [2.45, 2.75) is 43.7 Å². The van der Waals surface area contributed by atoms with Crippen LogP contribution >= 0.6 is 11.8 Å². The van der Waals surface area contributed by atoms with Crippen molar-refractivity contribution in [1.29, 1.82) is 0 Å². The highest BCUT2D eigenvalue weighted by atomic mass is 32.2. The Hall–Kier alpha value is -4.63. The predicted molar refractivity (Wildman–Crippen MR) is 169 cm³/mol. The van der Waals surface area contributed by atoms with Crippen LogP contribution in [0.4, 0.5) is 22.0 Å². The highest BCUT2D eigenvalue weighted by Crippen LogP contribution is 2.43. The van der Waals surface area contributed by atoms with Crippen LogP contribution in [-0.2, 0) is 22.6 Å². The molecule has 5 aromatic rings. The molecular formula is C35H29F5N4O4S. The summed E-state index contributed by atoms with van der Waals surface area (Å²) in [5.41, 5.74) is 2.81. The van der Waals surface area contributed by atoms with Gasteiger partial charge in [0.1, 0.15) is 11.9 Å². The highest BCUT2D eigenvalue weighted by Gasteiger charge is 2.38. The van der Waals surface area contributed by atoms with Gasteiger partial charge in [0.2, 0.25) is 5.82 Å². The summed E-state index contributed by atoms with van der Waals surface area (Å²) in [5.74, 6) is -12.1. The molecule has 6 rings (SSSR count). The first kappa shape index (κ1) is 34.2. The summed E-state index contributed by atoms with van der Waals surface area (Å²) >= 11 is 1.48. The predicted octanol–water partition coefficient (Wildman–Crippen LogP) is 7.17. The Morgan fingerprint density at radius 1 is 0.878 bits per heavy atom. The lowest BCUT2D eigenvalue weighted by molar-refractivity contribution is -0.268. The minimum absolute atomic E-state index is 0.0437. The van der Waals surface area contributed by atoms with Crippen LogP contribution in [0.3, 0.4) is 0 Å². The van der Waals surface area contributed by atoms with Crippen molar-refractivity contribution in [2.24, 2.45) is 5.92 Å². The first-order valence-electron chi connectivity index (χ1n) is 15.1. The third-order valence-corrected chi connectivity index (χ3v) is 9.25. The normalized spacial score (nSPS) is 19.2. The maximum atomic E-state index is 14.2. The van der Waals surface area contributed by atoms with Gasteiger partial charge < -0.3 is 19.9 Å². The Kier molecular flexibility index (Phi) is 10.4. The molecule has 3 N–H and O–H groups in total. The second-order valence-corrected chi connectivity index (χ2v) is 12.3. The lowest BCUT2D eigenvalue weighted by Crippen LogP contribution is -2.38. The van der Waals surface area contributed by atoms with Gasteiger partial charge in [0.15, 0.2) is 34.7 Å². The number of nitrogens with zero attached hydrogens (tertiary/aromatic N) is 2. The Morgan fingerprint density at radius 2 is 1.53 bits per heavy atom. The van der Waals surface area contributed by atoms with E-state index in [-0.39, 0.29) is 31.3 Å². The Morgan fingerprint density at radius 3 is 2.18 bits per heavy atom. The van der Waals surface area contributed by atoms with E-state index in [1.807, 2.05) is 48.5 Å². The van der Waals surface area contributed by atoms with Crippen LogP contribution in [0, 0.1) is 35.0 Å². The monoisotopic (exact) mass is 696 g/mol. The SMILES string of the molecule is C[C@H]1[C@@H](CSc2ncn[nH]2)O[C@@H](c2ccc(-c3ccccc3CNC(=O)c3c(F)c(F)c(F)c(F)c3F)cc2)O[C@H]1c1ccc(CO)cc1. The van der Waals surface area contributed by atoms with E-state index < -0.39 is 46.8 Å². The molecule has 0 spiro atoms. The second-order valence-electron chi connectivity index (χ2n) is 11.3. The van der Waals surface area contributed by atoms with Gasteiger partial charge in [0.25, 0.3) is 5.91 Å². The van der Waals surface area contributed by atoms with Crippen molar-refractivity contribution in [1.82, 2.24) is 20.5 Å². The maximum Gasteiger partial charge on any atom is 0.257 e. The molecule has 0 radical (unpaired) electrons. The lowest BCUT2D eigenvalue weighted by Gasteiger charge is -2.41. The number of ether oxygens (including phenoxy) is 2. The number of aromatic amines is 1. The van der Waals surface area contributed by atoms with Gasteiger partial charge in [-0.15, -0.1) is 0 Å². The molecule has 0 unspecified atom stereocenters. The molecule has 1 aliphatic heterocycles. The van der Waals surface area contributed by atoms with E-state index in [0.717, 1.165) is 22.3 Å². The van der Waals surface area contributed by atoms with Gasteiger partial charge >= 0.3 is 0 Å². The molecular weight excluding hydrogens is 667 g/mol. The molecule has 0 aliphatic carbocycles. The maximum absolute atomic E-state index is 14.2. The molecule has 4 atom stereocenters. The van der Waals surface area contributed by atoms with Crippen molar-refractivity contribution in [3.05, 3.63) is 136 Å². The zero-order chi connectivity index (χ0) is 34.7. The van der Waals surface area contributed by atoms with Crippen molar-refractivity contribution in [3.8, 4) is 11.1 Å². The number of thioether (sulfide) groups is 1. The molecule has 0 saturated carbocycles. The number of carbonyl (C=O) groups excluding carboxylic acids is 1. The number of aliphatic hydroxyl groups excluding tert-OH is 1. The number of halogens is 5. The molecule has 49 heavy (non-hydrogen) atoms. The van der Waals surface area contributed by atoms with Crippen LogP contribution in [0.5, 0.6) is 0 Å². The number of rotatable bonds is 10. The van der Waals surface area contributed by atoms with E-state index >= 15 is 0 Å². The summed E-state index contributed by atoms with van der Waals surface area (Å²) < 4.78 is 82.2. The van der Waals surface area contributed by atoms with E-state index in [9.17, 15) is 31.9 Å². The molecule has 4 aromatic carbocycles. The summed E-state index contributed by atoms with van der Waals surface area (Å²) in [4.78, 5) is 16.8. The van der Waals surface area contributed by atoms with Crippen molar-refractivity contribution in [3.63, 3.8) is 0 Å². The number of hydrogen-bond donors (Lipinski definition) is 3. The fourth-order valence-corrected chi connectivity index (χ4v) is 6.52. The largest absolute Gasteiger partial charge is 0.392 e. The highest BCUT2D eigenvalue weighted by molar-refractivity contribution is 7.99. The van der Waals surface area contributed by atoms with Crippen LogP contribution < -0.4 is 5.32 Å². The van der Waals surface area contributed by atoms with Crippen molar-refractivity contribution < 1.29 is 41.3 Å². The average Bonchev–Trinajstić information content (AvgIpc) is 3.66. The van der Waals surface area contributed by atoms with E-state index in [0.29, 0.717) is 22.0 Å². The number of nitrogens with one attached hydrogen (secondary N) is 2. The van der Waals surface area contributed by atoms with Crippen LogP contribution in [0.15, 0.2) is 84.3 Å². The van der Waals surface area contributed by atoms with Crippen LogP contribution in [0.2, 0.25) is 0 Å². The van der Waals surface area contributed by atoms with Gasteiger partial charge in [-0.25, -0.2) is 26.9 Å². The summed E-state index contributed by atoms with van der Waals surface area (Å²) in [6.45, 7) is 1.72. The smallest absolute Gasteiger partial charge is 0.257 e. The molecule has 0 bridgehead atoms. The Bertz CT molecular complexity index is 1900. The van der Waals surface area contributed by atoms with Gasteiger partial charge in [-0.2, -0.15) is 5.10 Å². The zero-order valence-corrected chi connectivity index (χ0v) is 26.6. The first-order chi connectivity index (χ1) is 23.7. The summed E-state index contributed by atoms with van der Waals surface area (Å²) in [6, 6.07) is 21.8. The fraction of sp³-hybridized carbons (Fsp3) is 0.229. The molecule has 1 amide bonds. The van der Waals surface area contributed by atoms with E-state index in [2.05, 4.69) is 27.4 Å². The van der Waals surface area contributed by atoms with Crippen LogP contribution in [0.1, 0.15) is 51.9 Å². The number of H-pyrrole nitrogens is 1. The molecule has 1 aromatic heterocycles. The molecule has 1 saturated heterocycles. The number of benzene rings is 4. The van der Waals surface area contributed by atoms with Crippen molar-refractivity contribution >= 4 is 17.7 Å². The summed E-state index contributed by atoms with van der Waals surface area (Å²) in [6.07, 6.45) is 0.141. The van der Waals surface area contributed by atoms with Gasteiger partial charge in [-0.3, -0.25) is 9.89 Å². The second kappa shape index (κ2) is 14.9. The van der Waals surface area contributed by atoms with Crippen LogP contribution in [-0.4, -0.2) is 38.1 Å². The van der Waals surface area contributed by atoms with Crippen LogP contribution in [0.25, 0.3) is 11.1 Å². The quantitative estimate of drug-likeness (QED) is 0.0615. The number of carbonyl (C=O) groups is 1. The van der Waals surface area contributed by atoms with Gasteiger partial charge in [-0.1, -0.05) is 91.5 Å². The van der Waals surface area contributed by atoms with E-state index in [4.69, 9.17) is 9.47 Å². The van der Waals surface area contributed by atoms with Gasteiger partial charge in [0.05, 0.1) is 18.8 Å².